The largest absolute Gasteiger partial charge is 0.360 e. The lowest BCUT2D eigenvalue weighted by atomic mass is 9.97. The van der Waals surface area contributed by atoms with Crippen molar-refractivity contribution < 1.29 is 4.52 Å². The maximum absolute atomic E-state index is 5.16. The summed E-state index contributed by atoms with van der Waals surface area (Å²) in [6.07, 6.45) is 4.35. The van der Waals surface area contributed by atoms with Crippen molar-refractivity contribution in [3.8, 4) is 0 Å². The van der Waals surface area contributed by atoms with Crippen molar-refractivity contribution in [2.75, 3.05) is 19.6 Å². The predicted molar refractivity (Wildman–Crippen MR) is 67.6 cm³/mol. The van der Waals surface area contributed by atoms with Crippen molar-refractivity contribution in [1.29, 1.82) is 0 Å². The van der Waals surface area contributed by atoms with Gasteiger partial charge in [-0.1, -0.05) is 19.0 Å². The fourth-order valence-electron chi connectivity index (χ4n) is 2.41. The molecule has 0 amide bonds. The first-order chi connectivity index (χ1) is 8.24. The van der Waals surface area contributed by atoms with E-state index in [1.54, 1.807) is 6.20 Å². The third kappa shape index (κ3) is 4.13. The van der Waals surface area contributed by atoms with E-state index in [0.29, 0.717) is 6.04 Å². The summed E-state index contributed by atoms with van der Waals surface area (Å²) >= 11 is 0. The standard InChI is InChI=1S/C13H23N3O/c1-11(2)14-8-12-4-3-7-16(9-12)10-13-5-6-15-17-13/h5-6,11-12,14H,3-4,7-10H2,1-2H3. The van der Waals surface area contributed by atoms with Crippen LogP contribution in [-0.4, -0.2) is 35.7 Å². The summed E-state index contributed by atoms with van der Waals surface area (Å²) in [6, 6.07) is 2.54. The molecule has 0 radical (unpaired) electrons. The molecule has 2 heterocycles. The van der Waals surface area contributed by atoms with Gasteiger partial charge in [0.1, 0.15) is 0 Å². The Morgan fingerprint density at radius 3 is 3.18 bits per heavy atom. The average molecular weight is 237 g/mol. The van der Waals surface area contributed by atoms with Gasteiger partial charge in [-0.3, -0.25) is 4.90 Å². The van der Waals surface area contributed by atoms with Crippen molar-refractivity contribution in [3.63, 3.8) is 0 Å². The predicted octanol–water partition coefficient (Wildman–Crippen LogP) is 1.88. The Bertz CT molecular complexity index is 310. The summed E-state index contributed by atoms with van der Waals surface area (Å²) in [7, 11) is 0. The van der Waals surface area contributed by atoms with E-state index in [1.165, 1.54) is 25.9 Å². The first kappa shape index (κ1) is 12.6. The molecule has 1 aliphatic heterocycles. The zero-order chi connectivity index (χ0) is 12.1. The van der Waals surface area contributed by atoms with Gasteiger partial charge in [0.05, 0.1) is 12.7 Å². The van der Waals surface area contributed by atoms with Gasteiger partial charge >= 0.3 is 0 Å². The third-order valence-corrected chi connectivity index (χ3v) is 3.29. The second kappa shape index (κ2) is 6.17. The number of hydrogen-bond donors (Lipinski definition) is 1. The van der Waals surface area contributed by atoms with Crippen molar-refractivity contribution in [1.82, 2.24) is 15.4 Å². The highest BCUT2D eigenvalue weighted by molar-refractivity contribution is 4.93. The van der Waals surface area contributed by atoms with E-state index >= 15 is 0 Å². The van der Waals surface area contributed by atoms with Crippen LogP contribution in [0.3, 0.4) is 0 Å². The molecule has 0 saturated carbocycles. The summed E-state index contributed by atoms with van der Waals surface area (Å²) in [4.78, 5) is 2.47. The Morgan fingerprint density at radius 2 is 2.47 bits per heavy atom. The van der Waals surface area contributed by atoms with E-state index in [9.17, 15) is 0 Å². The summed E-state index contributed by atoms with van der Waals surface area (Å²) in [5.74, 6) is 1.75. The Hall–Kier alpha value is -0.870. The van der Waals surface area contributed by atoms with Crippen molar-refractivity contribution in [2.45, 2.75) is 39.3 Å². The van der Waals surface area contributed by atoms with Gasteiger partial charge < -0.3 is 9.84 Å². The quantitative estimate of drug-likeness (QED) is 0.849. The molecule has 1 unspecified atom stereocenters. The van der Waals surface area contributed by atoms with Crippen LogP contribution in [0.5, 0.6) is 0 Å². The highest BCUT2D eigenvalue weighted by atomic mass is 16.5. The van der Waals surface area contributed by atoms with Gasteiger partial charge in [0.15, 0.2) is 5.76 Å². The lowest BCUT2D eigenvalue weighted by molar-refractivity contribution is 0.150. The first-order valence-corrected chi connectivity index (χ1v) is 6.59. The molecule has 1 N–H and O–H groups in total. The SMILES string of the molecule is CC(C)NCC1CCCN(Cc2ccno2)C1. The number of rotatable bonds is 5. The lowest BCUT2D eigenvalue weighted by Crippen LogP contribution is -2.40. The highest BCUT2D eigenvalue weighted by Gasteiger charge is 2.20. The molecule has 4 heteroatoms. The molecule has 0 bridgehead atoms. The summed E-state index contributed by atoms with van der Waals surface area (Å²) in [5, 5.41) is 7.28. The smallest absolute Gasteiger partial charge is 0.150 e. The Kier molecular flexibility index (Phi) is 4.57. The second-order valence-electron chi connectivity index (χ2n) is 5.29. The van der Waals surface area contributed by atoms with Gasteiger partial charge in [-0.25, -0.2) is 0 Å². The van der Waals surface area contributed by atoms with Crippen molar-refractivity contribution in [3.05, 3.63) is 18.0 Å². The maximum atomic E-state index is 5.16. The minimum atomic E-state index is 0.583. The molecule has 0 spiro atoms. The molecule has 2 rings (SSSR count). The molecule has 0 aliphatic carbocycles. The highest BCUT2D eigenvalue weighted by Crippen LogP contribution is 2.17. The fraction of sp³-hybridized carbons (Fsp3) is 0.769. The van der Waals surface area contributed by atoms with Crippen molar-refractivity contribution >= 4 is 0 Å². The monoisotopic (exact) mass is 237 g/mol. The van der Waals surface area contributed by atoms with E-state index in [2.05, 4.69) is 29.2 Å². The zero-order valence-electron chi connectivity index (χ0n) is 10.9. The van der Waals surface area contributed by atoms with Crippen LogP contribution in [0.2, 0.25) is 0 Å². The summed E-state index contributed by atoms with van der Waals surface area (Å²) in [6.45, 7) is 8.78. The normalized spacial score (nSPS) is 22.2. The van der Waals surface area contributed by atoms with Crippen LogP contribution in [0, 0.1) is 5.92 Å². The van der Waals surface area contributed by atoms with Crippen LogP contribution in [0.25, 0.3) is 0 Å². The van der Waals surface area contributed by atoms with E-state index in [0.717, 1.165) is 24.8 Å². The molecule has 1 fully saturated rings. The number of nitrogens with one attached hydrogen (secondary N) is 1. The van der Waals surface area contributed by atoms with Crippen LogP contribution in [0.4, 0.5) is 0 Å². The van der Waals surface area contributed by atoms with Gasteiger partial charge in [-0.2, -0.15) is 0 Å². The number of piperidine rings is 1. The molecule has 1 aromatic rings. The van der Waals surface area contributed by atoms with Gasteiger partial charge in [0.25, 0.3) is 0 Å². The molecular formula is C13H23N3O. The van der Waals surface area contributed by atoms with E-state index in [-0.39, 0.29) is 0 Å². The van der Waals surface area contributed by atoms with Crippen LogP contribution in [0.15, 0.2) is 16.8 Å². The number of nitrogens with zero attached hydrogens (tertiary/aromatic N) is 2. The molecule has 0 aromatic carbocycles. The minimum absolute atomic E-state index is 0.583. The third-order valence-electron chi connectivity index (χ3n) is 3.29. The van der Waals surface area contributed by atoms with E-state index in [1.807, 2.05) is 6.07 Å². The molecule has 1 atom stereocenters. The summed E-state index contributed by atoms with van der Waals surface area (Å²) in [5.41, 5.74) is 0. The molecule has 4 nitrogen and oxygen atoms in total. The molecule has 17 heavy (non-hydrogen) atoms. The van der Waals surface area contributed by atoms with Crippen LogP contribution in [-0.2, 0) is 6.54 Å². The average Bonchev–Trinajstić information content (AvgIpc) is 2.80. The van der Waals surface area contributed by atoms with Crippen LogP contribution >= 0.6 is 0 Å². The lowest BCUT2D eigenvalue weighted by Gasteiger charge is -2.32. The van der Waals surface area contributed by atoms with E-state index in [4.69, 9.17) is 4.52 Å². The second-order valence-corrected chi connectivity index (χ2v) is 5.29. The van der Waals surface area contributed by atoms with Gasteiger partial charge in [-0.05, 0) is 31.8 Å². The van der Waals surface area contributed by atoms with E-state index < -0.39 is 0 Å². The number of aromatic nitrogens is 1. The fourth-order valence-corrected chi connectivity index (χ4v) is 2.41. The van der Waals surface area contributed by atoms with Gasteiger partial charge in [0, 0.05) is 18.7 Å². The van der Waals surface area contributed by atoms with Crippen LogP contribution < -0.4 is 5.32 Å². The molecule has 1 aromatic heterocycles. The zero-order valence-corrected chi connectivity index (χ0v) is 10.9. The molecular weight excluding hydrogens is 214 g/mol. The Labute approximate surface area is 103 Å². The molecule has 1 saturated heterocycles. The van der Waals surface area contributed by atoms with Crippen molar-refractivity contribution in [2.24, 2.45) is 5.92 Å². The molecule has 1 aliphatic rings. The Balaban J connectivity index is 1.76. The maximum Gasteiger partial charge on any atom is 0.150 e. The molecule has 96 valence electrons. The summed E-state index contributed by atoms with van der Waals surface area (Å²) < 4.78 is 5.16. The van der Waals surface area contributed by atoms with Gasteiger partial charge in [0.2, 0.25) is 0 Å². The first-order valence-electron chi connectivity index (χ1n) is 6.59. The van der Waals surface area contributed by atoms with Gasteiger partial charge in [-0.15, -0.1) is 0 Å². The topological polar surface area (TPSA) is 41.3 Å². The minimum Gasteiger partial charge on any atom is -0.360 e. The Morgan fingerprint density at radius 1 is 1.59 bits per heavy atom. The number of hydrogen-bond acceptors (Lipinski definition) is 4. The van der Waals surface area contributed by atoms with Crippen LogP contribution in [0.1, 0.15) is 32.4 Å². The number of likely N-dealkylation sites (tertiary alicyclic amines) is 1.